The molecule has 1 aromatic heterocycles. The molecule has 2 aromatic carbocycles. The van der Waals surface area contributed by atoms with E-state index in [1.54, 1.807) is 42.6 Å². The Bertz CT molecular complexity index is 1130. The molecule has 7 nitrogen and oxygen atoms in total. The molecule has 1 aliphatic carbocycles. The lowest BCUT2D eigenvalue weighted by Gasteiger charge is -2.19. The number of hydrogen-bond acceptors (Lipinski definition) is 5. The zero-order chi connectivity index (χ0) is 23.2. The average Bonchev–Trinajstić information content (AvgIpc) is 3.64. The van der Waals surface area contributed by atoms with Gasteiger partial charge >= 0.3 is 6.09 Å². The maximum absolute atomic E-state index is 12.8. The number of amides is 2. The minimum atomic E-state index is -0.471. The number of hydrogen-bond donors (Lipinski definition) is 3. The van der Waals surface area contributed by atoms with Gasteiger partial charge in [-0.25, -0.2) is 4.79 Å². The summed E-state index contributed by atoms with van der Waals surface area (Å²) in [5, 5.41) is 14.3. The van der Waals surface area contributed by atoms with Crippen molar-refractivity contribution in [2.45, 2.75) is 31.4 Å². The lowest BCUT2D eigenvalue weighted by Crippen LogP contribution is -2.30. The molecule has 0 radical (unpaired) electrons. The summed E-state index contributed by atoms with van der Waals surface area (Å²) in [6.07, 6.45) is 3.33. The van der Waals surface area contributed by atoms with Gasteiger partial charge in [0.25, 0.3) is 5.91 Å². The van der Waals surface area contributed by atoms with Crippen LogP contribution in [0.2, 0.25) is 0 Å². The zero-order valence-corrected chi connectivity index (χ0v) is 19.3. The third-order valence-corrected chi connectivity index (χ3v) is 5.67. The van der Waals surface area contributed by atoms with Gasteiger partial charge in [-0.1, -0.05) is 34.1 Å². The summed E-state index contributed by atoms with van der Waals surface area (Å²) in [5.41, 5.74) is 2.83. The minimum absolute atomic E-state index is 0.0357. The average molecular weight is 507 g/mol. The fraction of sp³-hybridized carbons (Fsp3) is 0.200. The Labute approximate surface area is 200 Å². The van der Waals surface area contributed by atoms with Crippen molar-refractivity contribution in [2.24, 2.45) is 0 Å². The molecule has 1 atom stereocenters. The fourth-order valence-corrected chi connectivity index (χ4v) is 3.48. The van der Waals surface area contributed by atoms with E-state index in [-0.39, 0.29) is 18.4 Å². The summed E-state index contributed by atoms with van der Waals surface area (Å²) in [5.74, 6) is -0.236. The Hall–Kier alpha value is -3.52. The van der Waals surface area contributed by atoms with Crippen LogP contribution in [0.15, 0.2) is 77.4 Å². The summed E-state index contributed by atoms with van der Waals surface area (Å²) in [6.45, 7) is 0. The number of carbonyl (C=O) groups excluding carboxylic acids is 2. The van der Waals surface area contributed by atoms with Crippen LogP contribution in [0.5, 0.6) is 0 Å². The molecule has 0 aliphatic heterocycles. The van der Waals surface area contributed by atoms with Crippen molar-refractivity contribution in [3.8, 4) is 0 Å². The molecule has 4 rings (SSSR count). The fourth-order valence-electron chi connectivity index (χ4n) is 3.22. The first-order valence-corrected chi connectivity index (χ1v) is 11.4. The topological polar surface area (TPSA) is 104 Å². The van der Waals surface area contributed by atoms with Gasteiger partial charge in [-0.3, -0.25) is 15.1 Å². The van der Waals surface area contributed by atoms with E-state index in [0.717, 1.165) is 17.3 Å². The number of pyridine rings is 1. The van der Waals surface area contributed by atoms with Crippen molar-refractivity contribution in [2.75, 3.05) is 5.32 Å². The molecule has 1 aliphatic rings. The van der Waals surface area contributed by atoms with Gasteiger partial charge in [0.2, 0.25) is 0 Å². The van der Waals surface area contributed by atoms with E-state index in [2.05, 4.69) is 31.5 Å². The first-order chi connectivity index (χ1) is 16.0. The Morgan fingerprint density at radius 2 is 1.73 bits per heavy atom. The summed E-state index contributed by atoms with van der Waals surface area (Å²) in [6, 6.07) is 19.1. The molecule has 1 saturated carbocycles. The Balaban J connectivity index is 1.43. The van der Waals surface area contributed by atoms with E-state index >= 15 is 0 Å². The van der Waals surface area contributed by atoms with Crippen LogP contribution >= 0.6 is 15.9 Å². The maximum atomic E-state index is 12.8. The normalized spacial score (nSPS) is 13.6. The maximum Gasteiger partial charge on any atom is 0.411 e. The number of nitrogens with zero attached hydrogens (tertiary/aromatic N) is 1. The smallest absolute Gasteiger partial charge is 0.411 e. The summed E-state index contributed by atoms with van der Waals surface area (Å²) in [4.78, 5) is 29.0. The standard InChI is InChI=1S/C25H23BrN4O3/c26-18-8-4-17(5-9-18)24(31)30-23(22-3-1-2-14-28-22)15-21(27)16-6-10-19(11-7-16)29-25(32)33-20-12-13-20/h1-11,14,20,23,27H,12-13,15H2,(H,29,32)(H,30,31). The summed E-state index contributed by atoms with van der Waals surface area (Å²) < 4.78 is 6.07. The highest BCUT2D eigenvalue weighted by Crippen LogP contribution is 2.24. The molecular formula is C25H23BrN4O3. The van der Waals surface area contributed by atoms with Crippen molar-refractivity contribution in [1.82, 2.24) is 10.3 Å². The third kappa shape index (κ3) is 6.49. The van der Waals surface area contributed by atoms with Gasteiger partial charge in [0.05, 0.1) is 11.7 Å². The molecule has 1 fully saturated rings. The minimum Gasteiger partial charge on any atom is -0.446 e. The van der Waals surface area contributed by atoms with Crippen molar-refractivity contribution in [1.29, 1.82) is 5.41 Å². The van der Waals surface area contributed by atoms with Crippen LogP contribution in [0, 0.1) is 5.41 Å². The first kappa shape index (κ1) is 22.7. The van der Waals surface area contributed by atoms with E-state index in [9.17, 15) is 9.59 Å². The summed E-state index contributed by atoms with van der Waals surface area (Å²) >= 11 is 3.37. The SMILES string of the molecule is N=C(CC(NC(=O)c1ccc(Br)cc1)c1ccccn1)c1ccc(NC(=O)OC2CC2)cc1. The Morgan fingerprint density at radius 3 is 2.36 bits per heavy atom. The highest BCUT2D eigenvalue weighted by atomic mass is 79.9. The van der Waals surface area contributed by atoms with Gasteiger partial charge in [0, 0.05) is 34.1 Å². The number of rotatable bonds is 8. The molecule has 0 saturated heterocycles. The van der Waals surface area contributed by atoms with E-state index in [1.165, 1.54) is 0 Å². The van der Waals surface area contributed by atoms with Gasteiger partial charge in [-0.2, -0.15) is 0 Å². The quantitative estimate of drug-likeness (QED) is 0.351. The second kappa shape index (κ2) is 10.4. The number of nitrogens with one attached hydrogen (secondary N) is 3. The molecule has 1 heterocycles. The predicted molar refractivity (Wildman–Crippen MR) is 130 cm³/mol. The second-order valence-corrected chi connectivity index (χ2v) is 8.69. The van der Waals surface area contributed by atoms with Gasteiger partial charge in [-0.05, 0) is 66.9 Å². The van der Waals surface area contributed by atoms with E-state index < -0.39 is 12.1 Å². The van der Waals surface area contributed by atoms with Crippen LogP contribution in [0.1, 0.15) is 46.9 Å². The van der Waals surface area contributed by atoms with Crippen LogP contribution < -0.4 is 10.6 Å². The van der Waals surface area contributed by atoms with Crippen LogP contribution in [0.25, 0.3) is 0 Å². The van der Waals surface area contributed by atoms with Crippen molar-refractivity contribution >= 4 is 39.3 Å². The summed E-state index contributed by atoms with van der Waals surface area (Å²) in [7, 11) is 0. The highest BCUT2D eigenvalue weighted by molar-refractivity contribution is 9.10. The number of benzene rings is 2. The molecular weight excluding hydrogens is 484 g/mol. The Morgan fingerprint density at radius 1 is 1.03 bits per heavy atom. The molecule has 3 aromatic rings. The van der Waals surface area contributed by atoms with Gasteiger partial charge in [-0.15, -0.1) is 0 Å². The number of ether oxygens (including phenoxy) is 1. The van der Waals surface area contributed by atoms with Gasteiger partial charge in [0.1, 0.15) is 6.10 Å². The number of carbonyl (C=O) groups is 2. The van der Waals surface area contributed by atoms with Crippen LogP contribution in [-0.2, 0) is 4.74 Å². The lowest BCUT2D eigenvalue weighted by molar-refractivity contribution is 0.0937. The van der Waals surface area contributed by atoms with Crippen LogP contribution in [-0.4, -0.2) is 28.8 Å². The van der Waals surface area contributed by atoms with Crippen molar-refractivity contribution in [3.63, 3.8) is 0 Å². The number of anilines is 1. The van der Waals surface area contributed by atoms with Crippen LogP contribution in [0.4, 0.5) is 10.5 Å². The molecule has 3 N–H and O–H groups in total. The second-order valence-electron chi connectivity index (χ2n) is 7.78. The van der Waals surface area contributed by atoms with E-state index in [4.69, 9.17) is 10.1 Å². The molecule has 8 heteroatoms. The first-order valence-electron chi connectivity index (χ1n) is 10.6. The largest absolute Gasteiger partial charge is 0.446 e. The zero-order valence-electron chi connectivity index (χ0n) is 17.8. The lowest BCUT2D eigenvalue weighted by atomic mass is 9.99. The Kier molecular flexibility index (Phi) is 7.14. The van der Waals surface area contributed by atoms with Crippen molar-refractivity contribution in [3.05, 3.63) is 94.2 Å². The molecule has 0 bridgehead atoms. The van der Waals surface area contributed by atoms with Crippen LogP contribution in [0.3, 0.4) is 0 Å². The van der Waals surface area contributed by atoms with Gasteiger partial charge in [0.15, 0.2) is 0 Å². The monoisotopic (exact) mass is 506 g/mol. The molecule has 0 spiro atoms. The molecule has 33 heavy (non-hydrogen) atoms. The molecule has 1 unspecified atom stereocenters. The predicted octanol–water partition coefficient (Wildman–Crippen LogP) is 5.48. The number of aromatic nitrogens is 1. The molecule has 2 amide bonds. The highest BCUT2D eigenvalue weighted by Gasteiger charge is 2.26. The van der Waals surface area contributed by atoms with E-state index in [1.807, 2.05) is 30.3 Å². The van der Waals surface area contributed by atoms with Crippen molar-refractivity contribution < 1.29 is 14.3 Å². The molecule has 168 valence electrons. The van der Waals surface area contributed by atoms with E-state index in [0.29, 0.717) is 28.2 Å². The van der Waals surface area contributed by atoms with Gasteiger partial charge < -0.3 is 15.5 Å². The third-order valence-electron chi connectivity index (χ3n) is 5.14. The number of halogens is 1.